The van der Waals surface area contributed by atoms with Crippen LogP contribution in [0.5, 0.6) is 0 Å². The number of carboxylic acid groups (broad SMARTS) is 1. The average molecular weight is 467 g/mol. The predicted octanol–water partition coefficient (Wildman–Crippen LogP) is 4.70. The van der Waals surface area contributed by atoms with Crippen LogP contribution in [0.3, 0.4) is 0 Å². The molecule has 4 atom stereocenters. The molecular formula is C23H47ClN2O5. The summed E-state index contributed by atoms with van der Waals surface area (Å²) in [6.07, 6.45) is 11.8. The van der Waals surface area contributed by atoms with E-state index < -0.39 is 18.1 Å². The van der Waals surface area contributed by atoms with E-state index in [0.29, 0.717) is 13.0 Å². The molecule has 8 heteroatoms. The van der Waals surface area contributed by atoms with Crippen LogP contribution >= 0.6 is 12.4 Å². The number of amides is 1. The van der Waals surface area contributed by atoms with Crippen LogP contribution in [0, 0.1) is 11.8 Å². The van der Waals surface area contributed by atoms with Crippen LogP contribution in [0.1, 0.15) is 98.8 Å². The Bertz CT molecular complexity index is 452. The maximum atomic E-state index is 11.6. The molecule has 0 saturated carbocycles. The van der Waals surface area contributed by atoms with E-state index >= 15 is 0 Å². The number of carbonyl (C=O) groups is 3. The number of carbonyl (C=O) groups excluding carboxylic acids is 2. The summed E-state index contributed by atoms with van der Waals surface area (Å²) in [5, 5.41) is 11.2. The second kappa shape index (κ2) is 23.3. The third-order valence-electron chi connectivity index (χ3n) is 5.28. The number of unbranched alkanes of at least 4 members (excludes halogenated alkanes) is 6. The molecule has 0 aromatic rings. The molecule has 0 heterocycles. The molecule has 0 aromatic heterocycles. The van der Waals surface area contributed by atoms with Crippen LogP contribution in [0.4, 0.5) is 0 Å². The Morgan fingerprint density at radius 3 is 1.81 bits per heavy atom. The normalized spacial score (nSPS) is 14.0. The van der Waals surface area contributed by atoms with Gasteiger partial charge in [0.2, 0.25) is 6.41 Å². The number of halogens is 1. The molecule has 31 heavy (non-hydrogen) atoms. The Morgan fingerprint density at radius 2 is 1.42 bits per heavy atom. The Morgan fingerprint density at radius 1 is 0.935 bits per heavy atom. The Balaban J connectivity index is -0.000000507. The van der Waals surface area contributed by atoms with Gasteiger partial charge in [-0.1, -0.05) is 79.1 Å². The lowest BCUT2D eigenvalue weighted by atomic mass is 9.95. The van der Waals surface area contributed by atoms with Gasteiger partial charge < -0.3 is 20.9 Å². The number of hydrogen-bond acceptors (Lipinski definition) is 5. The van der Waals surface area contributed by atoms with Gasteiger partial charge in [0.25, 0.3) is 0 Å². The number of aliphatic carboxylic acids is 1. The van der Waals surface area contributed by atoms with Crippen molar-refractivity contribution >= 4 is 30.8 Å². The van der Waals surface area contributed by atoms with Gasteiger partial charge in [0.15, 0.2) is 0 Å². The number of rotatable bonds is 17. The molecule has 0 aliphatic heterocycles. The van der Waals surface area contributed by atoms with E-state index in [1.807, 2.05) is 13.8 Å². The van der Waals surface area contributed by atoms with Gasteiger partial charge in [-0.25, -0.2) is 4.79 Å². The zero-order valence-electron chi connectivity index (χ0n) is 20.2. The van der Waals surface area contributed by atoms with Gasteiger partial charge in [-0.05, 0) is 31.6 Å². The largest absolute Gasteiger partial charge is 0.480 e. The molecular weight excluding hydrogens is 420 g/mol. The Hall–Kier alpha value is -1.34. The van der Waals surface area contributed by atoms with Crippen LogP contribution in [0.25, 0.3) is 0 Å². The van der Waals surface area contributed by atoms with Gasteiger partial charge in [0.1, 0.15) is 12.1 Å². The standard InChI is InChI=1S/C13H25NO3.C10H21NO2.ClH/c1-4-6-7-8-9-11(3)12(14-10-15)13(16)17-5-2;1-3-4-5-6-7-8(2)9(11)10(12)13;/h10-12H,4-9H2,1-3H3,(H,14,15);8-9H,3-7,11H2,1-2H3,(H,12,13);1H. The molecule has 0 radical (unpaired) electrons. The molecule has 0 aliphatic carbocycles. The topological polar surface area (TPSA) is 119 Å². The fourth-order valence-electron chi connectivity index (χ4n) is 3.15. The molecule has 186 valence electrons. The average Bonchev–Trinajstić information content (AvgIpc) is 2.72. The van der Waals surface area contributed by atoms with Gasteiger partial charge >= 0.3 is 11.9 Å². The molecule has 0 rings (SSSR count). The molecule has 7 nitrogen and oxygen atoms in total. The van der Waals surface area contributed by atoms with Crippen LogP contribution < -0.4 is 11.1 Å². The number of nitrogens with one attached hydrogen (secondary N) is 1. The van der Waals surface area contributed by atoms with Crippen molar-refractivity contribution < 1.29 is 24.2 Å². The quantitative estimate of drug-likeness (QED) is 0.162. The first-order valence-corrected chi connectivity index (χ1v) is 11.6. The SMILES string of the molecule is CCCCCCC(C)C(N)C(=O)O.CCCCCCC(C)C(NC=O)C(=O)OCC.Cl. The fraction of sp³-hybridized carbons (Fsp3) is 0.870. The first-order valence-electron chi connectivity index (χ1n) is 11.6. The summed E-state index contributed by atoms with van der Waals surface area (Å²) < 4.78 is 4.94. The van der Waals surface area contributed by atoms with Crippen molar-refractivity contribution in [3.05, 3.63) is 0 Å². The minimum atomic E-state index is -0.886. The maximum absolute atomic E-state index is 11.6. The minimum Gasteiger partial charge on any atom is -0.480 e. The van der Waals surface area contributed by atoms with E-state index in [0.717, 1.165) is 25.7 Å². The lowest BCUT2D eigenvalue weighted by molar-refractivity contribution is -0.148. The molecule has 0 spiro atoms. The first kappa shape index (κ1) is 34.3. The number of esters is 1. The van der Waals surface area contributed by atoms with Crippen LogP contribution in [-0.4, -0.2) is 42.1 Å². The third-order valence-corrected chi connectivity index (χ3v) is 5.28. The summed E-state index contributed by atoms with van der Waals surface area (Å²) >= 11 is 0. The van der Waals surface area contributed by atoms with Gasteiger partial charge in [0.05, 0.1) is 6.61 Å². The summed E-state index contributed by atoms with van der Waals surface area (Å²) in [6.45, 7) is 10.3. The van der Waals surface area contributed by atoms with Crippen molar-refractivity contribution in [3.63, 3.8) is 0 Å². The summed E-state index contributed by atoms with van der Waals surface area (Å²) in [5.74, 6) is -1.00. The van der Waals surface area contributed by atoms with E-state index in [1.54, 1.807) is 6.92 Å². The van der Waals surface area contributed by atoms with Crippen molar-refractivity contribution in [2.75, 3.05) is 6.61 Å². The number of nitrogens with two attached hydrogens (primary N) is 1. The van der Waals surface area contributed by atoms with E-state index in [-0.39, 0.29) is 30.2 Å². The first-order chi connectivity index (χ1) is 14.3. The molecule has 4 N–H and O–H groups in total. The monoisotopic (exact) mass is 466 g/mol. The predicted molar refractivity (Wildman–Crippen MR) is 128 cm³/mol. The highest BCUT2D eigenvalue weighted by atomic mass is 35.5. The van der Waals surface area contributed by atoms with Crippen molar-refractivity contribution in [2.45, 2.75) is 111 Å². The summed E-state index contributed by atoms with van der Waals surface area (Å²) in [4.78, 5) is 32.6. The summed E-state index contributed by atoms with van der Waals surface area (Å²) in [5.41, 5.74) is 5.48. The second-order valence-electron chi connectivity index (χ2n) is 8.03. The maximum Gasteiger partial charge on any atom is 0.328 e. The van der Waals surface area contributed by atoms with E-state index in [4.69, 9.17) is 15.6 Å². The highest BCUT2D eigenvalue weighted by Crippen LogP contribution is 2.15. The van der Waals surface area contributed by atoms with Crippen molar-refractivity contribution in [1.29, 1.82) is 0 Å². The molecule has 1 amide bonds. The molecule has 0 saturated heterocycles. The number of ether oxygens (including phenoxy) is 1. The smallest absolute Gasteiger partial charge is 0.328 e. The third kappa shape index (κ3) is 19.1. The highest BCUT2D eigenvalue weighted by Gasteiger charge is 2.25. The van der Waals surface area contributed by atoms with Gasteiger partial charge in [-0.3, -0.25) is 9.59 Å². The van der Waals surface area contributed by atoms with Crippen LogP contribution in [-0.2, 0) is 19.1 Å². The van der Waals surface area contributed by atoms with Crippen LogP contribution in [0.15, 0.2) is 0 Å². The van der Waals surface area contributed by atoms with Crippen molar-refractivity contribution in [2.24, 2.45) is 17.6 Å². The lowest BCUT2D eigenvalue weighted by Crippen LogP contribution is -2.42. The summed E-state index contributed by atoms with van der Waals surface area (Å²) in [7, 11) is 0. The number of carboxylic acids is 1. The molecule has 0 bridgehead atoms. The van der Waals surface area contributed by atoms with Crippen LogP contribution in [0.2, 0.25) is 0 Å². The second-order valence-corrected chi connectivity index (χ2v) is 8.03. The zero-order valence-corrected chi connectivity index (χ0v) is 21.0. The van der Waals surface area contributed by atoms with Gasteiger partial charge in [-0.2, -0.15) is 0 Å². The molecule has 0 fully saturated rings. The van der Waals surface area contributed by atoms with Crippen molar-refractivity contribution in [1.82, 2.24) is 5.32 Å². The Kier molecular flexibility index (Phi) is 25.8. The van der Waals surface area contributed by atoms with Gasteiger partial charge in [0, 0.05) is 0 Å². The molecule has 0 aromatic carbocycles. The summed E-state index contributed by atoms with van der Waals surface area (Å²) in [6, 6.07) is -1.20. The molecule has 0 aliphatic rings. The van der Waals surface area contributed by atoms with E-state index in [2.05, 4.69) is 19.2 Å². The molecule has 4 unspecified atom stereocenters. The Labute approximate surface area is 195 Å². The minimum absolute atomic E-state index is 0. The van der Waals surface area contributed by atoms with E-state index in [1.165, 1.54) is 38.5 Å². The van der Waals surface area contributed by atoms with Gasteiger partial charge in [-0.15, -0.1) is 12.4 Å². The van der Waals surface area contributed by atoms with E-state index in [9.17, 15) is 14.4 Å². The van der Waals surface area contributed by atoms with Crippen molar-refractivity contribution in [3.8, 4) is 0 Å². The lowest BCUT2D eigenvalue weighted by Gasteiger charge is -2.21. The highest BCUT2D eigenvalue weighted by molar-refractivity contribution is 5.85. The number of hydrogen-bond donors (Lipinski definition) is 3. The fourth-order valence-corrected chi connectivity index (χ4v) is 3.15. The zero-order chi connectivity index (χ0) is 23.4.